The zero-order chi connectivity index (χ0) is 17.4. The van der Waals surface area contributed by atoms with E-state index in [1.807, 2.05) is 0 Å². The molecule has 0 aliphatic carbocycles. The Hall–Kier alpha value is -2.03. The van der Waals surface area contributed by atoms with Gasteiger partial charge in [-0.3, -0.25) is 4.79 Å². The summed E-state index contributed by atoms with van der Waals surface area (Å²) in [6, 6.07) is 2.17. The molecule has 2 aromatic rings. The van der Waals surface area contributed by atoms with Crippen LogP contribution in [0.4, 0.5) is 17.6 Å². The summed E-state index contributed by atoms with van der Waals surface area (Å²) in [5, 5.41) is -0.155. The zero-order valence-electron chi connectivity index (χ0n) is 12.1. The Morgan fingerprint density at radius 2 is 2.09 bits per heavy atom. The summed E-state index contributed by atoms with van der Waals surface area (Å²) >= 11 is 5.91. The number of ether oxygens (including phenoxy) is 1. The Kier molecular flexibility index (Phi) is 4.69. The number of rotatable bonds is 4. The number of nitrogens with zero attached hydrogens (tertiary/aromatic N) is 3. The Bertz CT molecular complexity index is 745. The summed E-state index contributed by atoms with van der Waals surface area (Å²) in [5.74, 6) is -1.38. The molecule has 0 aliphatic rings. The molecule has 0 N–H and O–H groups in total. The second kappa shape index (κ2) is 6.23. The summed E-state index contributed by atoms with van der Waals surface area (Å²) in [6.45, 7) is -1.90. The van der Waals surface area contributed by atoms with Crippen molar-refractivity contribution in [3.05, 3.63) is 23.2 Å². The number of imidazole rings is 1. The van der Waals surface area contributed by atoms with Crippen molar-refractivity contribution >= 4 is 28.5 Å². The van der Waals surface area contributed by atoms with Gasteiger partial charge in [-0.25, -0.2) is 9.37 Å². The Labute approximate surface area is 133 Å². The zero-order valence-corrected chi connectivity index (χ0v) is 12.9. The third-order valence-electron chi connectivity index (χ3n) is 3.09. The minimum absolute atomic E-state index is 0.108. The molecule has 0 aliphatic heterocycles. The van der Waals surface area contributed by atoms with Crippen LogP contribution < -0.4 is 4.74 Å². The molecule has 1 aromatic carbocycles. The second-order valence-electron chi connectivity index (χ2n) is 4.81. The van der Waals surface area contributed by atoms with E-state index in [2.05, 4.69) is 4.98 Å². The predicted octanol–water partition coefficient (Wildman–Crippen LogP) is 2.86. The summed E-state index contributed by atoms with van der Waals surface area (Å²) in [7, 11) is 2.33. The van der Waals surface area contributed by atoms with Crippen LogP contribution in [0.2, 0.25) is 5.28 Å². The number of amides is 1. The average Bonchev–Trinajstić information content (AvgIpc) is 2.72. The SMILES string of the molecule is COc1cc(F)cc2c1nc(Cl)n2CC(=O)N(C)CC(F)(F)F. The number of alkyl halides is 3. The molecule has 0 saturated carbocycles. The van der Waals surface area contributed by atoms with Gasteiger partial charge in [0.1, 0.15) is 30.2 Å². The van der Waals surface area contributed by atoms with E-state index in [1.165, 1.54) is 7.11 Å². The summed E-state index contributed by atoms with van der Waals surface area (Å²) in [4.78, 5) is 16.4. The highest BCUT2D eigenvalue weighted by Crippen LogP contribution is 2.29. The second-order valence-corrected chi connectivity index (χ2v) is 5.15. The van der Waals surface area contributed by atoms with E-state index in [0.717, 1.165) is 23.7 Å². The summed E-state index contributed by atoms with van der Waals surface area (Å²) in [5.41, 5.74) is 0.366. The number of carbonyl (C=O) groups is 1. The molecule has 5 nitrogen and oxygen atoms in total. The fourth-order valence-corrected chi connectivity index (χ4v) is 2.29. The highest BCUT2D eigenvalue weighted by atomic mass is 35.5. The third kappa shape index (κ3) is 3.84. The molecule has 1 heterocycles. The molecule has 0 fully saturated rings. The average molecular weight is 354 g/mol. The van der Waals surface area contributed by atoms with Gasteiger partial charge in [0.2, 0.25) is 11.2 Å². The number of hydrogen-bond acceptors (Lipinski definition) is 3. The maximum Gasteiger partial charge on any atom is 0.406 e. The molecule has 126 valence electrons. The lowest BCUT2D eigenvalue weighted by atomic mass is 10.2. The third-order valence-corrected chi connectivity index (χ3v) is 3.38. The largest absolute Gasteiger partial charge is 0.494 e. The maximum atomic E-state index is 13.6. The van der Waals surface area contributed by atoms with Crippen molar-refractivity contribution in [1.29, 1.82) is 0 Å². The van der Waals surface area contributed by atoms with E-state index in [-0.39, 0.29) is 22.1 Å². The topological polar surface area (TPSA) is 47.4 Å². The molecular formula is C13H12ClF4N3O2. The van der Waals surface area contributed by atoms with E-state index < -0.39 is 31.0 Å². The number of aromatic nitrogens is 2. The normalized spacial score (nSPS) is 11.8. The lowest BCUT2D eigenvalue weighted by Gasteiger charge is -2.19. The van der Waals surface area contributed by atoms with E-state index >= 15 is 0 Å². The molecule has 0 bridgehead atoms. The molecular weight excluding hydrogens is 342 g/mol. The van der Waals surface area contributed by atoms with Crippen molar-refractivity contribution < 1.29 is 27.1 Å². The summed E-state index contributed by atoms with van der Waals surface area (Å²) < 4.78 is 56.7. The molecule has 23 heavy (non-hydrogen) atoms. The van der Waals surface area contributed by atoms with Crippen molar-refractivity contribution in [2.45, 2.75) is 12.7 Å². The van der Waals surface area contributed by atoms with Gasteiger partial charge in [0.25, 0.3) is 0 Å². The van der Waals surface area contributed by atoms with Crippen molar-refractivity contribution in [2.75, 3.05) is 20.7 Å². The van der Waals surface area contributed by atoms with E-state index in [0.29, 0.717) is 4.90 Å². The first-order valence-corrected chi connectivity index (χ1v) is 6.70. The van der Waals surface area contributed by atoms with Crippen molar-refractivity contribution in [3.63, 3.8) is 0 Å². The van der Waals surface area contributed by atoms with Crippen molar-refractivity contribution in [3.8, 4) is 5.75 Å². The molecule has 0 spiro atoms. The van der Waals surface area contributed by atoms with E-state index in [1.54, 1.807) is 0 Å². The van der Waals surface area contributed by atoms with Crippen LogP contribution in [0, 0.1) is 5.82 Å². The van der Waals surface area contributed by atoms with Crippen molar-refractivity contribution in [2.24, 2.45) is 0 Å². The minimum atomic E-state index is -4.51. The van der Waals surface area contributed by atoms with Gasteiger partial charge in [0.15, 0.2) is 0 Å². The van der Waals surface area contributed by atoms with Crippen LogP contribution in [-0.4, -0.2) is 47.2 Å². The standard InChI is InChI=1S/C13H12ClF4N3O2/c1-20(6-13(16,17)18)10(22)5-21-8-3-7(15)4-9(23-2)11(8)19-12(21)14/h3-4H,5-6H2,1-2H3. The van der Waals surface area contributed by atoms with Gasteiger partial charge in [-0.05, 0) is 11.6 Å². The lowest BCUT2D eigenvalue weighted by molar-refractivity contribution is -0.158. The fourth-order valence-electron chi connectivity index (χ4n) is 2.05. The van der Waals surface area contributed by atoms with Crippen LogP contribution >= 0.6 is 11.6 Å². The fraction of sp³-hybridized carbons (Fsp3) is 0.385. The number of likely N-dealkylation sites (N-methyl/N-ethyl adjacent to an activating group) is 1. The monoisotopic (exact) mass is 353 g/mol. The minimum Gasteiger partial charge on any atom is -0.494 e. The van der Waals surface area contributed by atoms with Gasteiger partial charge in [-0.2, -0.15) is 13.2 Å². The smallest absolute Gasteiger partial charge is 0.406 e. The maximum absolute atomic E-state index is 13.6. The van der Waals surface area contributed by atoms with Gasteiger partial charge in [0.05, 0.1) is 12.6 Å². The molecule has 1 amide bonds. The summed E-state index contributed by atoms with van der Waals surface area (Å²) in [6.07, 6.45) is -4.51. The molecule has 1 aromatic heterocycles. The van der Waals surface area contributed by atoms with Crippen molar-refractivity contribution in [1.82, 2.24) is 14.5 Å². The number of halogens is 5. The number of methoxy groups -OCH3 is 1. The molecule has 10 heteroatoms. The number of hydrogen-bond donors (Lipinski definition) is 0. The molecule has 0 atom stereocenters. The first-order chi connectivity index (χ1) is 10.6. The van der Waals surface area contributed by atoms with E-state index in [9.17, 15) is 22.4 Å². The number of carbonyl (C=O) groups excluding carboxylic acids is 1. The van der Waals surface area contributed by atoms with Crippen LogP contribution in [0.5, 0.6) is 5.75 Å². The Morgan fingerprint density at radius 1 is 1.43 bits per heavy atom. The van der Waals surface area contributed by atoms with Gasteiger partial charge in [-0.15, -0.1) is 0 Å². The molecule has 0 radical (unpaired) electrons. The van der Waals surface area contributed by atoms with Gasteiger partial charge in [-0.1, -0.05) is 0 Å². The number of fused-ring (bicyclic) bond motifs is 1. The number of benzene rings is 1. The predicted molar refractivity (Wildman–Crippen MR) is 74.9 cm³/mol. The van der Waals surface area contributed by atoms with Crippen LogP contribution in [0.3, 0.4) is 0 Å². The lowest BCUT2D eigenvalue weighted by Crippen LogP contribution is -2.37. The van der Waals surface area contributed by atoms with Crippen LogP contribution in [0.1, 0.15) is 0 Å². The van der Waals surface area contributed by atoms with Crippen LogP contribution in [-0.2, 0) is 11.3 Å². The highest BCUT2D eigenvalue weighted by Gasteiger charge is 2.31. The highest BCUT2D eigenvalue weighted by molar-refractivity contribution is 6.29. The molecule has 0 saturated heterocycles. The molecule has 0 unspecified atom stereocenters. The Balaban J connectivity index is 2.35. The Morgan fingerprint density at radius 3 is 2.65 bits per heavy atom. The quantitative estimate of drug-likeness (QED) is 0.794. The van der Waals surface area contributed by atoms with Crippen LogP contribution in [0.15, 0.2) is 12.1 Å². The first-order valence-electron chi connectivity index (χ1n) is 6.32. The van der Waals surface area contributed by atoms with E-state index in [4.69, 9.17) is 16.3 Å². The molecule has 2 rings (SSSR count). The first kappa shape index (κ1) is 17.3. The van der Waals surface area contributed by atoms with Gasteiger partial charge >= 0.3 is 6.18 Å². The van der Waals surface area contributed by atoms with Crippen LogP contribution in [0.25, 0.3) is 11.0 Å². The van der Waals surface area contributed by atoms with Gasteiger partial charge in [0, 0.05) is 19.2 Å². The van der Waals surface area contributed by atoms with Gasteiger partial charge < -0.3 is 14.2 Å².